The SMILES string of the molecule is [C-]#[N+]c1ccc(-c2cc(-c3ccc(-c4nc(-c5ccccc5)nc(-c5ccccc5)n4)cc3)cc(C34CC5CC(CC(C5)C3)C4)c2)cc1. The number of rotatable bonds is 6. The van der Waals surface area contributed by atoms with Crippen LogP contribution in [-0.4, -0.2) is 15.0 Å². The Morgan fingerprint density at radius 2 is 0.854 bits per heavy atom. The molecule has 4 nitrogen and oxygen atoms in total. The summed E-state index contributed by atoms with van der Waals surface area (Å²) >= 11 is 0. The van der Waals surface area contributed by atoms with E-state index in [0.29, 0.717) is 23.2 Å². The molecule has 4 aliphatic carbocycles. The Labute approximate surface area is 282 Å². The molecule has 1 aromatic heterocycles. The fraction of sp³-hybridized carbons (Fsp3) is 0.227. The van der Waals surface area contributed by atoms with E-state index in [2.05, 4.69) is 59.4 Å². The van der Waals surface area contributed by atoms with E-state index in [1.807, 2.05) is 72.8 Å². The Morgan fingerprint density at radius 3 is 1.29 bits per heavy atom. The van der Waals surface area contributed by atoms with E-state index in [1.165, 1.54) is 66.3 Å². The van der Waals surface area contributed by atoms with Crippen LogP contribution in [0.15, 0.2) is 127 Å². The van der Waals surface area contributed by atoms with E-state index in [4.69, 9.17) is 21.5 Å². The zero-order valence-electron chi connectivity index (χ0n) is 26.9. The largest absolute Gasteiger partial charge is 0.238 e. The maximum absolute atomic E-state index is 7.44. The summed E-state index contributed by atoms with van der Waals surface area (Å²) in [6.07, 6.45) is 8.26. The second kappa shape index (κ2) is 11.7. The molecule has 0 atom stereocenters. The molecule has 4 heteroatoms. The molecule has 6 aromatic rings. The summed E-state index contributed by atoms with van der Waals surface area (Å²) in [5.41, 5.74) is 10.2. The zero-order valence-corrected chi connectivity index (χ0v) is 26.9. The molecule has 0 spiro atoms. The lowest BCUT2D eigenvalue weighted by molar-refractivity contribution is -0.00515. The van der Waals surface area contributed by atoms with Crippen LogP contribution in [0.25, 0.3) is 61.3 Å². The van der Waals surface area contributed by atoms with E-state index in [0.717, 1.165) is 34.4 Å². The number of nitrogens with zero attached hydrogens (tertiary/aromatic N) is 4. The van der Waals surface area contributed by atoms with E-state index in [-0.39, 0.29) is 5.41 Å². The minimum absolute atomic E-state index is 0.280. The average Bonchev–Trinajstić information content (AvgIpc) is 3.15. The van der Waals surface area contributed by atoms with Gasteiger partial charge in [0.2, 0.25) is 0 Å². The topological polar surface area (TPSA) is 43.0 Å². The maximum atomic E-state index is 7.44. The molecule has 0 radical (unpaired) electrons. The second-order valence-corrected chi connectivity index (χ2v) is 14.3. The van der Waals surface area contributed by atoms with Crippen LogP contribution in [0.3, 0.4) is 0 Å². The molecule has 1 heterocycles. The standard InChI is InChI=1S/C44H36N4/c1-45-40-18-16-33(17-19-40)38-23-37(24-39(25-38)44-26-29-20-30(27-44)22-31(21-29)28-44)32-12-14-36(15-13-32)43-47-41(34-8-4-2-5-9-34)46-42(48-43)35-10-6-3-7-11-35/h2-19,23-25,29-31H,20-22,26-28H2. The molecule has 48 heavy (non-hydrogen) atoms. The second-order valence-electron chi connectivity index (χ2n) is 14.3. The van der Waals surface area contributed by atoms with Crippen molar-refractivity contribution in [3.63, 3.8) is 0 Å². The zero-order chi connectivity index (χ0) is 32.1. The number of benzene rings is 5. The van der Waals surface area contributed by atoms with Crippen molar-refractivity contribution in [3.05, 3.63) is 144 Å². The van der Waals surface area contributed by atoms with Gasteiger partial charge in [-0.3, -0.25) is 0 Å². The number of aromatic nitrogens is 3. The molecule has 0 aliphatic heterocycles. The first kappa shape index (κ1) is 28.8. The summed E-state index contributed by atoms with van der Waals surface area (Å²) in [6, 6.07) is 44.4. The minimum Gasteiger partial charge on any atom is -0.238 e. The molecule has 0 amide bonds. The first-order valence-corrected chi connectivity index (χ1v) is 17.2. The van der Waals surface area contributed by atoms with Crippen molar-refractivity contribution in [2.75, 3.05) is 0 Å². The third-order valence-corrected chi connectivity index (χ3v) is 11.1. The number of hydrogen-bond acceptors (Lipinski definition) is 3. The third-order valence-electron chi connectivity index (χ3n) is 11.1. The third kappa shape index (κ3) is 5.30. The highest BCUT2D eigenvalue weighted by atomic mass is 15.0. The van der Waals surface area contributed by atoms with Gasteiger partial charge in [-0.2, -0.15) is 0 Å². The van der Waals surface area contributed by atoms with Gasteiger partial charge >= 0.3 is 0 Å². The van der Waals surface area contributed by atoms with Crippen LogP contribution in [0, 0.1) is 24.3 Å². The Kier molecular flexibility index (Phi) is 7.01. The van der Waals surface area contributed by atoms with Crippen LogP contribution >= 0.6 is 0 Å². The van der Waals surface area contributed by atoms with Crippen LogP contribution in [0.1, 0.15) is 44.1 Å². The highest BCUT2D eigenvalue weighted by Gasteiger charge is 2.51. The summed E-state index contributed by atoms with van der Waals surface area (Å²) in [4.78, 5) is 18.4. The first-order valence-electron chi connectivity index (χ1n) is 17.2. The smallest absolute Gasteiger partial charge is 0.187 e. The van der Waals surface area contributed by atoms with Crippen LogP contribution < -0.4 is 0 Å². The van der Waals surface area contributed by atoms with Gasteiger partial charge < -0.3 is 0 Å². The Morgan fingerprint density at radius 1 is 0.458 bits per heavy atom. The van der Waals surface area contributed by atoms with E-state index >= 15 is 0 Å². The van der Waals surface area contributed by atoms with Crippen LogP contribution in [0.2, 0.25) is 0 Å². The summed E-state index contributed by atoms with van der Waals surface area (Å²) in [7, 11) is 0. The minimum atomic E-state index is 0.280. The molecule has 0 unspecified atom stereocenters. The van der Waals surface area contributed by atoms with Crippen molar-refractivity contribution in [3.8, 4) is 56.4 Å². The first-order chi connectivity index (χ1) is 23.6. The molecular weight excluding hydrogens is 585 g/mol. The summed E-state index contributed by atoms with van der Waals surface area (Å²) < 4.78 is 0. The van der Waals surface area contributed by atoms with Crippen LogP contribution in [-0.2, 0) is 5.41 Å². The molecular formula is C44H36N4. The molecule has 0 N–H and O–H groups in total. The quantitative estimate of drug-likeness (QED) is 0.174. The normalized spacial score (nSPS) is 22.4. The van der Waals surface area contributed by atoms with Gasteiger partial charge in [0, 0.05) is 16.7 Å². The molecule has 4 fully saturated rings. The Bertz CT molecular complexity index is 2050. The van der Waals surface area contributed by atoms with Gasteiger partial charge in [0.25, 0.3) is 0 Å². The molecule has 0 saturated heterocycles. The van der Waals surface area contributed by atoms with Crippen molar-refractivity contribution in [1.82, 2.24) is 15.0 Å². The summed E-state index contributed by atoms with van der Waals surface area (Å²) in [6.45, 7) is 7.44. The predicted octanol–water partition coefficient (Wildman–Crippen LogP) is 11.2. The average molecular weight is 621 g/mol. The Hall–Kier alpha value is -5.40. The lowest BCUT2D eigenvalue weighted by Crippen LogP contribution is -2.48. The van der Waals surface area contributed by atoms with Gasteiger partial charge in [0.05, 0.1) is 6.57 Å². The Balaban J connectivity index is 1.12. The van der Waals surface area contributed by atoms with Gasteiger partial charge in [-0.15, -0.1) is 0 Å². The van der Waals surface area contributed by atoms with Crippen molar-refractivity contribution in [2.24, 2.45) is 17.8 Å². The van der Waals surface area contributed by atoms with Gasteiger partial charge in [-0.05, 0) is 95.6 Å². The molecule has 232 valence electrons. The fourth-order valence-corrected chi connectivity index (χ4v) is 9.21. The predicted molar refractivity (Wildman–Crippen MR) is 193 cm³/mol. The fourth-order valence-electron chi connectivity index (χ4n) is 9.21. The molecule has 10 rings (SSSR count). The maximum Gasteiger partial charge on any atom is 0.187 e. The van der Waals surface area contributed by atoms with Gasteiger partial charge in [-0.1, -0.05) is 121 Å². The van der Waals surface area contributed by atoms with Gasteiger partial charge in [0.1, 0.15) is 0 Å². The van der Waals surface area contributed by atoms with Crippen molar-refractivity contribution >= 4 is 5.69 Å². The molecule has 4 aliphatic rings. The summed E-state index contributed by atoms with van der Waals surface area (Å²) in [5.74, 6) is 4.63. The molecule has 4 saturated carbocycles. The monoisotopic (exact) mass is 620 g/mol. The molecule has 4 bridgehead atoms. The van der Waals surface area contributed by atoms with E-state index in [1.54, 1.807) is 0 Å². The van der Waals surface area contributed by atoms with Crippen LogP contribution in [0.5, 0.6) is 0 Å². The van der Waals surface area contributed by atoms with Crippen LogP contribution in [0.4, 0.5) is 5.69 Å². The van der Waals surface area contributed by atoms with Gasteiger partial charge in [-0.25, -0.2) is 19.8 Å². The highest BCUT2D eigenvalue weighted by molar-refractivity contribution is 5.77. The highest BCUT2D eigenvalue weighted by Crippen LogP contribution is 2.61. The lowest BCUT2D eigenvalue weighted by atomic mass is 9.48. The lowest BCUT2D eigenvalue weighted by Gasteiger charge is -2.57. The van der Waals surface area contributed by atoms with E-state index in [9.17, 15) is 0 Å². The van der Waals surface area contributed by atoms with Crippen molar-refractivity contribution in [1.29, 1.82) is 0 Å². The van der Waals surface area contributed by atoms with Gasteiger partial charge in [0.15, 0.2) is 23.2 Å². The summed E-state index contributed by atoms with van der Waals surface area (Å²) in [5, 5.41) is 0. The number of hydrogen-bond donors (Lipinski definition) is 0. The van der Waals surface area contributed by atoms with E-state index < -0.39 is 0 Å². The molecule has 5 aromatic carbocycles. The van der Waals surface area contributed by atoms with Crippen molar-refractivity contribution < 1.29 is 0 Å². The van der Waals surface area contributed by atoms with Crippen molar-refractivity contribution in [2.45, 2.75) is 43.9 Å².